The molecule has 0 aliphatic rings. The van der Waals surface area contributed by atoms with Gasteiger partial charge in [0, 0.05) is 41.0 Å². The summed E-state index contributed by atoms with van der Waals surface area (Å²) in [5, 5.41) is 5.99. The monoisotopic (exact) mass is 1110 g/mol. The van der Waals surface area contributed by atoms with Crippen LogP contribution in [0.15, 0.2) is 168 Å². The summed E-state index contributed by atoms with van der Waals surface area (Å²) in [6, 6.07) is 62.7. The van der Waals surface area contributed by atoms with E-state index in [1.807, 2.05) is 48.5 Å². The fourth-order valence-electron chi connectivity index (χ4n) is 10.4. The molecule has 9 aromatic carbocycles. The molecule has 0 fully saturated rings. The molecule has 0 unspecified atom stereocenters. The van der Waals surface area contributed by atoms with Gasteiger partial charge in [-0.25, -0.2) is 0 Å². The number of para-hydroxylation sites is 6. The van der Waals surface area contributed by atoms with Crippen LogP contribution in [0.1, 0.15) is 111 Å². The molecule has 0 saturated heterocycles. The molecule has 12 rings (SSSR count). The summed E-state index contributed by atoms with van der Waals surface area (Å²) >= 11 is 0. The van der Waals surface area contributed by atoms with E-state index in [0.29, 0.717) is 29.2 Å². The molecule has 0 aliphatic heterocycles. The second kappa shape index (κ2) is 19.2. The Bertz CT molecular complexity index is 3990. The maximum Gasteiger partial charge on any atom is 0.121 e. The third-order valence-corrected chi connectivity index (χ3v) is 13.8. The van der Waals surface area contributed by atoms with E-state index >= 15 is 0 Å². The number of hydrogen-bond acceptors (Lipinski definition) is 3. The van der Waals surface area contributed by atoms with E-state index in [1.54, 1.807) is 12.1 Å². The molecule has 5 nitrogen and oxygen atoms in total. The maximum atomic E-state index is 7.86. The molecule has 0 bridgehead atoms. The normalized spacial score (nSPS) is 12.6. The van der Waals surface area contributed by atoms with Crippen LogP contribution in [0.4, 0.5) is 0 Å². The Morgan fingerprint density at radius 2 is 1.03 bits per heavy atom. The van der Waals surface area contributed by atoms with Gasteiger partial charge in [-0.05, 0) is 111 Å². The van der Waals surface area contributed by atoms with E-state index in [0.717, 1.165) is 88.3 Å². The summed E-state index contributed by atoms with van der Waals surface area (Å²) in [5.74, 6) is 3.22. The van der Waals surface area contributed by atoms with Gasteiger partial charge < -0.3 is 13.6 Å². The molecule has 0 spiro atoms. The molecule has 12 aromatic rings. The molecule has 1 radical (unpaired) electrons. The van der Waals surface area contributed by atoms with Crippen LogP contribution in [0.5, 0.6) is 0 Å². The van der Waals surface area contributed by atoms with Crippen LogP contribution < -0.4 is 0 Å². The minimum absolute atomic E-state index is 0. The summed E-state index contributed by atoms with van der Waals surface area (Å²) in [6.07, 6.45) is 0. The molecule has 71 heavy (non-hydrogen) atoms. The molecule has 0 N–H and O–H groups in total. The fraction of sp³-hybridized carbons (Fsp3) is 0.200. The second-order valence-corrected chi connectivity index (χ2v) is 19.8. The van der Waals surface area contributed by atoms with E-state index in [2.05, 4.69) is 180 Å². The summed E-state index contributed by atoms with van der Waals surface area (Å²) < 4.78 is 34.9. The van der Waals surface area contributed by atoms with Crippen molar-refractivity contribution in [3.63, 3.8) is 0 Å². The van der Waals surface area contributed by atoms with Crippen LogP contribution in [0.3, 0.4) is 0 Å². The predicted octanol–water partition coefficient (Wildman–Crippen LogP) is 18.0. The van der Waals surface area contributed by atoms with Gasteiger partial charge in [-0.2, -0.15) is 0 Å². The van der Waals surface area contributed by atoms with Crippen LogP contribution in [-0.4, -0.2) is 19.1 Å². The van der Waals surface area contributed by atoms with Crippen molar-refractivity contribution >= 4 is 65.6 Å². The summed E-state index contributed by atoms with van der Waals surface area (Å²) in [4.78, 5) is 10.2. The van der Waals surface area contributed by atoms with E-state index in [1.165, 1.54) is 33.6 Å². The first kappa shape index (κ1) is 43.9. The number of fused-ring (bicyclic) bond motifs is 8. The predicted molar refractivity (Wildman–Crippen MR) is 294 cm³/mol. The Kier molecular flexibility index (Phi) is 11.9. The van der Waals surface area contributed by atoms with Crippen LogP contribution in [-0.2, 0) is 20.1 Å². The number of furan rings is 1. The zero-order chi connectivity index (χ0) is 50.9. The van der Waals surface area contributed by atoms with Crippen molar-refractivity contribution in [3.8, 4) is 34.2 Å². The molecule has 0 amide bonds. The molecule has 0 atom stereocenters. The number of aromatic nitrogens is 4. The Labute approximate surface area is 434 Å². The van der Waals surface area contributed by atoms with Crippen LogP contribution in [0, 0.1) is 19.0 Å². The van der Waals surface area contributed by atoms with Crippen molar-refractivity contribution in [1.29, 1.82) is 0 Å². The van der Waals surface area contributed by atoms with Crippen molar-refractivity contribution in [2.75, 3.05) is 0 Å². The molecular formula is C65H58IrN4O-2. The van der Waals surface area contributed by atoms with Crippen molar-refractivity contribution in [2.24, 2.45) is 0 Å². The number of nitrogens with zero attached hydrogens (tertiary/aromatic N) is 4. The number of imidazole rings is 2. The zero-order valence-electron chi connectivity index (χ0n) is 44.4. The first-order chi connectivity index (χ1) is 35.2. The molecular weight excluding hydrogens is 1040 g/mol. The summed E-state index contributed by atoms with van der Waals surface area (Å²) in [6.45, 7) is 15.9. The van der Waals surface area contributed by atoms with Gasteiger partial charge in [-0.3, -0.25) is 9.97 Å². The van der Waals surface area contributed by atoms with Gasteiger partial charge in [-0.1, -0.05) is 163 Å². The molecule has 3 aromatic heterocycles. The van der Waals surface area contributed by atoms with Crippen molar-refractivity contribution in [1.82, 2.24) is 19.1 Å². The van der Waals surface area contributed by atoms with Gasteiger partial charge in [0.1, 0.15) is 5.58 Å². The molecule has 0 saturated carbocycles. The SMILES string of the molecule is CC(C)c1cccc(C(C)C)c1-n1c(-c2[c-]cccc2)nc2ccccc21.[2H]C([2H])([2H])c1ccc2c(ccc3cc4oc5c(-c6nc7ccccc7n6-c6c(C(C)C)cccc6C(C)C)[c-]ccc5c4cc32)c1.[Ir]. The third-order valence-electron chi connectivity index (χ3n) is 13.8. The van der Waals surface area contributed by atoms with Crippen molar-refractivity contribution in [3.05, 3.63) is 204 Å². The van der Waals surface area contributed by atoms with Crippen LogP contribution >= 0.6 is 0 Å². The summed E-state index contributed by atoms with van der Waals surface area (Å²) in [7, 11) is 0. The van der Waals surface area contributed by atoms with Gasteiger partial charge in [-0.15, -0.1) is 54.1 Å². The minimum Gasteiger partial charge on any atom is -0.501 e. The molecule has 0 aliphatic carbocycles. The van der Waals surface area contributed by atoms with Gasteiger partial charge in [0.2, 0.25) is 0 Å². The Morgan fingerprint density at radius 3 is 1.59 bits per heavy atom. The quantitative estimate of drug-likeness (QED) is 0.113. The van der Waals surface area contributed by atoms with E-state index in [-0.39, 0.29) is 20.1 Å². The molecule has 3 heterocycles. The number of hydrogen-bond donors (Lipinski definition) is 0. The smallest absolute Gasteiger partial charge is 0.121 e. The Balaban J connectivity index is 0.000000191. The first-order valence-electron chi connectivity index (χ1n) is 26.1. The van der Waals surface area contributed by atoms with Gasteiger partial charge in [0.25, 0.3) is 0 Å². The minimum atomic E-state index is -2.15. The van der Waals surface area contributed by atoms with Crippen LogP contribution in [0.25, 0.3) is 99.7 Å². The average Bonchev–Trinajstić information content (AvgIpc) is 4.09. The van der Waals surface area contributed by atoms with Gasteiger partial charge in [0.15, 0.2) is 0 Å². The first-order valence-corrected chi connectivity index (χ1v) is 24.6. The topological polar surface area (TPSA) is 48.8 Å². The van der Waals surface area contributed by atoms with Crippen LogP contribution in [0.2, 0.25) is 0 Å². The standard InChI is InChI=1S/C40H33N2O.C25H25N2.Ir/c1-23(2)28-10-8-11-29(24(3)4)38(28)42-36-15-7-6-14-35(36)41-40(42)32-13-9-12-31-34-22-33-27(21-37(34)43-39(31)32)18-17-26-20-25(5)16-19-30(26)33;1-17(2)20-13-10-14-21(18(3)4)24(20)27-23-16-9-8-15-22(23)26-25(27)19-11-6-5-7-12-19;/h6-12,14-24H,1-5H3;5-11,13-18H,1-4H3;/q2*-1;/i5D3;;. The molecule has 6 heteroatoms. The van der Waals surface area contributed by atoms with Gasteiger partial charge in [0.05, 0.1) is 39.3 Å². The Hall–Kier alpha value is -7.11. The van der Waals surface area contributed by atoms with Crippen molar-refractivity contribution < 1.29 is 28.6 Å². The van der Waals surface area contributed by atoms with Gasteiger partial charge >= 0.3 is 0 Å². The number of aryl methyl sites for hydroxylation is 1. The third kappa shape index (κ3) is 8.37. The number of benzene rings is 9. The van der Waals surface area contributed by atoms with Crippen molar-refractivity contribution in [2.45, 2.75) is 85.9 Å². The largest absolute Gasteiger partial charge is 0.501 e. The fourth-order valence-corrected chi connectivity index (χ4v) is 10.4. The number of rotatable bonds is 8. The second-order valence-electron chi connectivity index (χ2n) is 19.8. The summed E-state index contributed by atoms with van der Waals surface area (Å²) in [5.41, 5.74) is 15.5. The average molecular weight is 1110 g/mol. The van der Waals surface area contributed by atoms with E-state index in [9.17, 15) is 0 Å². The van der Waals surface area contributed by atoms with E-state index < -0.39 is 6.85 Å². The molecule has 355 valence electrons. The Morgan fingerprint density at radius 1 is 0.479 bits per heavy atom. The maximum absolute atomic E-state index is 7.86. The zero-order valence-corrected chi connectivity index (χ0v) is 43.8. The van der Waals surface area contributed by atoms with E-state index in [4.69, 9.17) is 18.5 Å².